The monoisotopic (exact) mass is 388 g/mol. The highest BCUT2D eigenvalue weighted by molar-refractivity contribution is 5.65. The second-order valence-electron chi connectivity index (χ2n) is 11.7. The van der Waals surface area contributed by atoms with Gasteiger partial charge in [-0.25, -0.2) is 0 Å². The van der Waals surface area contributed by atoms with Gasteiger partial charge in [-0.3, -0.25) is 4.79 Å². The lowest BCUT2D eigenvalue weighted by Crippen LogP contribution is -2.57. The molecule has 0 unspecified atom stereocenters. The Balaban J connectivity index is 1.40. The molecule has 5 aliphatic rings. The summed E-state index contributed by atoms with van der Waals surface area (Å²) in [6.07, 6.45) is 11.6. The molecule has 0 aromatic heterocycles. The first kappa shape index (κ1) is 19.4. The largest absolute Gasteiger partial charge is 0.466 e. The van der Waals surface area contributed by atoms with E-state index in [-0.39, 0.29) is 5.97 Å². The van der Waals surface area contributed by atoms with E-state index in [1.165, 1.54) is 58.3 Å². The third kappa shape index (κ3) is 2.29. The van der Waals surface area contributed by atoms with Gasteiger partial charge in [0.05, 0.1) is 12.7 Å². The maximum atomic E-state index is 11.3. The van der Waals surface area contributed by atoms with Crippen molar-refractivity contribution in [1.29, 1.82) is 0 Å². The third-order valence-electron chi connectivity index (χ3n) is 11.1. The first-order valence-electron chi connectivity index (χ1n) is 11.9. The zero-order chi connectivity index (χ0) is 19.9. The number of carbonyl (C=O) groups excluding carboxylic acids is 1. The minimum absolute atomic E-state index is 0.135. The normalized spacial score (nSPS) is 54.9. The molecule has 158 valence electrons. The number of ether oxygens (including phenoxy) is 2. The van der Waals surface area contributed by atoms with Crippen LogP contribution in [0.25, 0.3) is 0 Å². The Morgan fingerprint density at radius 2 is 1.89 bits per heavy atom. The lowest BCUT2D eigenvalue weighted by molar-refractivity contribution is -0.162. The van der Waals surface area contributed by atoms with Gasteiger partial charge in [-0.05, 0) is 97.7 Å². The minimum atomic E-state index is -0.135. The van der Waals surface area contributed by atoms with Crippen LogP contribution in [-0.4, -0.2) is 25.8 Å². The van der Waals surface area contributed by atoms with Gasteiger partial charge in [0.15, 0.2) is 0 Å². The molecule has 0 saturated heterocycles. The number of fused-ring (bicyclic) bond motifs is 4. The number of carbonyl (C=O) groups is 1. The van der Waals surface area contributed by atoms with Crippen molar-refractivity contribution < 1.29 is 14.3 Å². The van der Waals surface area contributed by atoms with Crippen molar-refractivity contribution in [3.05, 3.63) is 0 Å². The van der Waals surface area contributed by atoms with Gasteiger partial charge in [0.1, 0.15) is 0 Å². The molecule has 0 amide bonds. The molecule has 3 nitrogen and oxygen atoms in total. The first-order valence-corrected chi connectivity index (χ1v) is 11.9. The van der Waals surface area contributed by atoms with Gasteiger partial charge in [0.25, 0.3) is 0 Å². The van der Waals surface area contributed by atoms with Crippen LogP contribution in [0.15, 0.2) is 0 Å². The van der Waals surface area contributed by atoms with Crippen molar-refractivity contribution in [3.63, 3.8) is 0 Å². The van der Waals surface area contributed by atoms with Gasteiger partial charge < -0.3 is 9.47 Å². The van der Waals surface area contributed by atoms with Crippen molar-refractivity contribution in [2.24, 2.45) is 51.8 Å². The molecule has 5 rings (SSSR count). The smallest absolute Gasteiger partial charge is 0.302 e. The van der Waals surface area contributed by atoms with Crippen molar-refractivity contribution in [3.8, 4) is 0 Å². The van der Waals surface area contributed by atoms with Crippen LogP contribution in [-0.2, 0) is 14.3 Å². The Hall–Kier alpha value is -0.570. The standard InChI is InChI=1S/C25H40O3/c1-15(14-28-16(2)26)19-6-7-20-18-12-22(27-5)25-13-17(25)8-11-24(25,4)21(18)9-10-23(19,20)3/h15,17-22H,6-14H2,1-5H3/t15-,17-,18-,19+,20-,21-,22+,23+,24+,25-/m0/s1. The Morgan fingerprint density at radius 1 is 1.11 bits per heavy atom. The lowest BCUT2D eigenvalue weighted by atomic mass is 9.45. The highest BCUT2D eigenvalue weighted by Gasteiger charge is 2.77. The summed E-state index contributed by atoms with van der Waals surface area (Å²) in [6, 6.07) is 0. The first-order chi connectivity index (χ1) is 13.3. The molecule has 5 fully saturated rings. The van der Waals surface area contributed by atoms with E-state index in [1.807, 2.05) is 7.11 Å². The molecule has 0 aromatic rings. The summed E-state index contributed by atoms with van der Waals surface area (Å²) in [7, 11) is 1.98. The summed E-state index contributed by atoms with van der Waals surface area (Å²) in [6.45, 7) is 9.68. The lowest BCUT2D eigenvalue weighted by Gasteiger charge is -2.61. The summed E-state index contributed by atoms with van der Waals surface area (Å²) in [5.74, 6) is 4.57. The van der Waals surface area contributed by atoms with E-state index in [4.69, 9.17) is 9.47 Å². The van der Waals surface area contributed by atoms with Crippen LogP contribution in [0, 0.1) is 51.8 Å². The van der Waals surface area contributed by atoms with Crippen LogP contribution in [0.4, 0.5) is 0 Å². The van der Waals surface area contributed by atoms with Crippen LogP contribution in [0.5, 0.6) is 0 Å². The van der Waals surface area contributed by atoms with Crippen LogP contribution >= 0.6 is 0 Å². The summed E-state index contributed by atoms with van der Waals surface area (Å²) in [5, 5.41) is 0. The second kappa shape index (κ2) is 6.22. The zero-order valence-corrected chi connectivity index (χ0v) is 18.6. The van der Waals surface area contributed by atoms with Crippen LogP contribution in [0.1, 0.15) is 79.1 Å². The predicted octanol–water partition coefficient (Wildman–Crippen LogP) is 5.47. The molecular weight excluding hydrogens is 348 g/mol. The molecule has 5 aliphatic carbocycles. The second-order valence-corrected chi connectivity index (χ2v) is 11.7. The number of hydrogen-bond donors (Lipinski definition) is 0. The Morgan fingerprint density at radius 3 is 2.57 bits per heavy atom. The molecule has 3 heteroatoms. The Bertz CT molecular complexity index is 660. The average molecular weight is 389 g/mol. The van der Waals surface area contributed by atoms with Crippen molar-refractivity contribution >= 4 is 5.97 Å². The Labute approximate surface area is 171 Å². The molecule has 0 radical (unpaired) electrons. The van der Waals surface area contributed by atoms with Gasteiger partial charge >= 0.3 is 5.97 Å². The zero-order valence-electron chi connectivity index (χ0n) is 18.6. The fourth-order valence-electron chi connectivity index (χ4n) is 9.92. The van der Waals surface area contributed by atoms with Crippen molar-refractivity contribution in [2.75, 3.05) is 13.7 Å². The van der Waals surface area contributed by atoms with E-state index < -0.39 is 0 Å². The van der Waals surface area contributed by atoms with Crippen LogP contribution in [0.2, 0.25) is 0 Å². The highest BCUT2D eigenvalue weighted by atomic mass is 16.5. The van der Waals surface area contributed by atoms with Gasteiger partial charge in [-0.2, -0.15) is 0 Å². The van der Waals surface area contributed by atoms with E-state index in [9.17, 15) is 4.79 Å². The predicted molar refractivity (Wildman–Crippen MR) is 110 cm³/mol. The number of esters is 1. The summed E-state index contributed by atoms with van der Waals surface area (Å²) in [4.78, 5) is 11.3. The fraction of sp³-hybridized carbons (Fsp3) is 0.960. The molecule has 0 aromatic carbocycles. The number of rotatable bonds is 4. The van der Waals surface area contributed by atoms with E-state index >= 15 is 0 Å². The van der Waals surface area contributed by atoms with Gasteiger partial charge in [0, 0.05) is 19.4 Å². The maximum Gasteiger partial charge on any atom is 0.302 e. The molecule has 0 aliphatic heterocycles. The minimum Gasteiger partial charge on any atom is -0.466 e. The van der Waals surface area contributed by atoms with E-state index in [2.05, 4.69) is 20.8 Å². The van der Waals surface area contributed by atoms with E-state index in [1.54, 1.807) is 0 Å². The molecule has 28 heavy (non-hydrogen) atoms. The highest BCUT2D eigenvalue weighted by Crippen LogP contribution is 2.82. The summed E-state index contributed by atoms with van der Waals surface area (Å²) >= 11 is 0. The summed E-state index contributed by atoms with van der Waals surface area (Å²) < 4.78 is 11.6. The van der Waals surface area contributed by atoms with Crippen LogP contribution < -0.4 is 0 Å². The fourth-order valence-corrected chi connectivity index (χ4v) is 9.92. The van der Waals surface area contributed by atoms with Crippen molar-refractivity contribution in [1.82, 2.24) is 0 Å². The molecule has 1 spiro atoms. The van der Waals surface area contributed by atoms with Gasteiger partial charge in [-0.15, -0.1) is 0 Å². The SMILES string of the molecule is CO[C@@H]1C[C@H]2[C@@H]3CC[C@H]([C@@H](C)COC(C)=O)[C@@]3(C)CC[C@@H]2[C@@]2(C)CC[C@H]3C[C@]312. The molecule has 0 bridgehead atoms. The van der Waals surface area contributed by atoms with E-state index in [0.29, 0.717) is 40.8 Å². The van der Waals surface area contributed by atoms with Crippen molar-refractivity contribution in [2.45, 2.75) is 85.2 Å². The van der Waals surface area contributed by atoms with Gasteiger partial charge in [-0.1, -0.05) is 20.8 Å². The van der Waals surface area contributed by atoms with Gasteiger partial charge in [0.2, 0.25) is 0 Å². The molecule has 0 heterocycles. The number of methoxy groups -OCH3 is 1. The molecule has 5 saturated carbocycles. The Kier molecular flexibility index (Phi) is 4.31. The molecule has 0 N–H and O–H groups in total. The summed E-state index contributed by atoms with van der Waals surface area (Å²) in [5.41, 5.74) is 1.46. The molecular formula is C25H40O3. The number of hydrogen-bond acceptors (Lipinski definition) is 3. The average Bonchev–Trinajstić information content (AvgIpc) is 3.16. The van der Waals surface area contributed by atoms with Crippen LogP contribution in [0.3, 0.4) is 0 Å². The quantitative estimate of drug-likeness (QED) is 0.599. The third-order valence-corrected chi connectivity index (χ3v) is 11.1. The maximum absolute atomic E-state index is 11.3. The topological polar surface area (TPSA) is 35.5 Å². The van der Waals surface area contributed by atoms with E-state index in [0.717, 1.165) is 23.7 Å². The molecule has 10 atom stereocenters.